The van der Waals surface area contributed by atoms with Crippen molar-refractivity contribution in [3.05, 3.63) is 59.8 Å². The molecule has 1 aromatic heterocycles. The van der Waals surface area contributed by atoms with E-state index in [1.165, 1.54) is 10.9 Å². The van der Waals surface area contributed by atoms with E-state index >= 15 is 0 Å². The largest absolute Gasteiger partial charge is 0.368 e. The van der Waals surface area contributed by atoms with Gasteiger partial charge in [-0.3, -0.25) is 14.3 Å². The van der Waals surface area contributed by atoms with Crippen LogP contribution in [0.25, 0.3) is 10.9 Å². The first-order chi connectivity index (χ1) is 16.4. The minimum atomic E-state index is -0.245. The summed E-state index contributed by atoms with van der Waals surface area (Å²) in [6, 6.07) is 17.1. The van der Waals surface area contributed by atoms with Gasteiger partial charge in [0.25, 0.3) is 0 Å². The Bertz CT molecular complexity index is 1150. The molecule has 3 aromatic rings. The molecule has 0 radical (unpaired) electrons. The van der Waals surface area contributed by atoms with E-state index in [-0.39, 0.29) is 30.3 Å². The summed E-state index contributed by atoms with van der Waals surface area (Å²) in [4.78, 5) is 29.1. The molecule has 0 unspecified atom stereocenters. The number of piperazine rings is 1. The number of carbonyl (C=O) groups excluding carboxylic acids is 2. The van der Waals surface area contributed by atoms with Crippen molar-refractivity contribution in [1.29, 1.82) is 0 Å². The highest BCUT2D eigenvalue weighted by Crippen LogP contribution is 2.29. The minimum absolute atomic E-state index is 0.00906. The Labute approximate surface area is 201 Å². The second-order valence-electron chi connectivity index (χ2n) is 9.27. The van der Waals surface area contributed by atoms with Gasteiger partial charge in [0.2, 0.25) is 11.8 Å². The lowest BCUT2D eigenvalue weighted by molar-refractivity contribution is -0.138. The van der Waals surface area contributed by atoms with Gasteiger partial charge >= 0.3 is 0 Å². The maximum Gasteiger partial charge on any atom is 0.232 e. The normalized spacial score (nSPS) is 16.3. The summed E-state index contributed by atoms with van der Waals surface area (Å²) < 4.78 is 2.11. The molecule has 7 heteroatoms. The second kappa shape index (κ2) is 10.3. The lowest BCUT2D eigenvalue weighted by atomic mass is 10.0. The number of hydrogen-bond acceptors (Lipinski definition) is 4. The van der Waals surface area contributed by atoms with Gasteiger partial charge in [-0.1, -0.05) is 37.3 Å². The fourth-order valence-corrected chi connectivity index (χ4v) is 4.85. The lowest BCUT2D eigenvalue weighted by Gasteiger charge is -2.42. The molecule has 0 spiro atoms. The fraction of sp³-hybridized carbons (Fsp3) is 0.444. The highest BCUT2D eigenvalue weighted by atomic mass is 16.2. The van der Waals surface area contributed by atoms with E-state index in [1.54, 1.807) is 7.05 Å². The lowest BCUT2D eigenvalue weighted by Crippen LogP contribution is -2.56. The molecule has 34 heavy (non-hydrogen) atoms. The van der Waals surface area contributed by atoms with Crippen LogP contribution < -0.4 is 10.2 Å². The SMILES string of the molecule is CCc1nn(C(C)C)c2cc(N3CCN(C(=O)CC(=O)NC)[C@@H](Cc4ccccc4)C3)ccc12. The van der Waals surface area contributed by atoms with Crippen LogP contribution in [0.2, 0.25) is 0 Å². The predicted octanol–water partition coefficient (Wildman–Crippen LogP) is 3.58. The molecule has 1 N–H and O–H groups in total. The van der Waals surface area contributed by atoms with Crippen LogP contribution in [-0.4, -0.2) is 59.2 Å². The number of aromatic nitrogens is 2. The third-order valence-electron chi connectivity index (χ3n) is 6.66. The van der Waals surface area contributed by atoms with Crippen LogP contribution in [-0.2, 0) is 22.4 Å². The molecule has 7 nitrogen and oxygen atoms in total. The number of rotatable bonds is 7. The van der Waals surface area contributed by atoms with Crippen molar-refractivity contribution in [2.75, 3.05) is 31.6 Å². The van der Waals surface area contributed by atoms with Crippen LogP contribution in [0.3, 0.4) is 0 Å². The number of carbonyl (C=O) groups is 2. The van der Waals surface area contributed by atoms with Crippen molar-refractivity contribution < 1.29 is 9.59 Å². The third kappa shape index (κ3) is 4.93. The number of hydrogen-bond donors (Lipinski definition) is 1. The Morgan fingerprint density at radius 3 is 2.56 bits per heavy atom. The standard InChI is InChI=1S/C27H35N5O2/c1-5-24-23-12-11-21(16-25(23)32(29-24)19(2)3)30-13-14-31(27(34)17-26(33)28-4)22(18-30)15-20-9-7-6-8-10-20/h6-12,16,19,22H,5,13-15,17-18H2,1-4H3,(H,28,33)/t22-/m0/s1. The van der Waals surface area contributed by atoms with Gasteiger partial charge in [-0.15, -0.1) is 0 Å². The predicted molar refractivity (Wildman–Crippen MR) is 136 cm³/mol. The zero-order valence-electron chi connectivity index (χ0n) is 20.6. The zero-order chi connectivity index (χ0) is 24.2. The van der Waals surface area contributed by atoms with Crippen LogP contribution in [0.4, 0.5) is 5.69 Å². The highest BCUT2D eigenvalue weighted by Gasteiger charge is 2.31. The van der Waals surface area contributed by atoms with Crippen molar-refractivity contribution in [1.82, 2.24) is 20.0 Å². The zero-order valence-corrected chi connectivity index (χ0v) is 20.6. The Morgan fingerprint density at radius 2 is 1.88 bits per heavy atom. The molecule has 4 rings (SSSR count). The van der Waals surface area contributed by atoms with E-state index in [2.05, 4.69) is 66.0 Å². The first kappa shape index (κ1) is 23.8. The maximum absolute atomic E-state index is 13.0. The van der Waals surface area contributed by atoms with Gasteiger partial charge in [0.1, 0.15) is 6.42 Å². The first-order valence-electron chi connectivity index (χ1n) is 12.2. The van der Waals surface area contributed by atoms with Gasteiger partial charge in [0.15, 0.2) is 0 Å². The third-order valence-corrected chi connectivity index (χ3v) is 6.66. The number of fused-ring (bicyclic) bond motifs is 1. The van der Waals surface area contributed by atoms with Crippen LogP contribution in [0, 0.1) is 0 Å². The Morgan fingerprint density at radius 1 is 1.12 bits per heavy atom. The first-order valence-corrected chi connectivity index (χ1v) is 12.2. The molecule has 0 aliphatic carbocycles. The topological polar surface area (TPSA) is 70.5 Å². The number of anilines is 1. The van der Waals surface area contributed by atoms with Gasteiger partial charge in [-0.2, -0.15) is 5.10 Å². The Balaban J connectivity index is 1.62. The Kier molecular flexibility index (Phi) is 7.20. The second-order valence-corrected chi connectivity index (χ2v) is 9.27. The molecule has 1 atom stereocenters. The summed E-state index contributed by atoms with van der Waals surface area (Å²) in [5.74, 6) is -0.356. The summed E-state index contributed by atoms with van der Waals surface area (Å²) in [5.41, 5.74) is 4.62. The van der Waals surface area contributed by atoms with Gasteiger partial charge in [0.05, 0.1) is 17.3 Å². The summed E-state index contributed by atoms with van der Waals surface area (Å²) in [6.45, 7) is 8.50. The van der Waals surface area contributed by atoms with Crippen LogP contribution in [0.5, 0.6) is 0 Å². The molecule has 1 saturated heterocycles. The molecular weight excluding hydrogens is 426 g/mol. The molecular formula is C27H35N5O2. The van der Waals surface area contributed by atoms with Gasteiger partial charge in [0, 0.05) is 43.8 Å². The quantitative estimate of drug-likeness (QED) is 0.546. The average molecular weight is 462 g/mol. The number of nitrogens with zero attached hydrogens (tertiary/aromatic N) is 4. The van der Waals surface area contributed by atoms with E-state index in [0.29, 0.717) is 6.54 Å². The maximum atomic E-state index is 13.0. The van der Waals surface area contributed by atoms with Gasteiger partial charge in [-0.25, -0.2) is 0 Å². The van der Waals surface area contributed by atoms with Crippen molar-refractivity contribution in [2.24, 2.45) is 0 Å². The molecule has 2 amide bonds. The number of benzene rings is 2. The smallest absolute Gasteiger partial charge is 0.232 e. The summed E-state index contributed by atoms with van der Waals surface area (Å²) in [7, 11) is 1.57. The molecule has 0 bridgehead atoms. The number of amides is 2. The fourth-order valence-electron chi connectivity index (χ4n) is 4.85. The minimum Gasteiger partial charge on any atom is -0.368 e. The average Bonchev–Trinajstić information content (AvgIpc) is 3.23. The van der Waals surface area contributed by atoms with E-state index < -0.39 is 0 Å². The van der Waals surface area contributed by atoms with Crippen LogP contribution >= 0.6 is 0 Å². The van der Waals surface area contributed by atoms with E-state index in [9.17, 15) is 9.59 Å². The van der Waals surface area contributed by atoms with E-state index in [4.69, 9.17) is 5.10 Å². The molecule has 1 aliphatic rings. The molecule has 2 aromatic carbocycles. The Hall–Kier alpha value is -3.35. The number of nitrogens with one attached hydrogen (secondary N) is 1. The molecule has 1 fully saturated rings. The van der Waals surface area contributed by atoms with Crippen LogP contribution in [0.1, 0.15) is 44.5 Å². The van der Waals surface area contributed by atoms with Crippen molar-refractivity contribution in [3.8, 4) is 0 Å². The van der Waals surface area contributed by atoms with Gasteiger partial charge < -0.3 is 15.1 Å². The monoisotopic (exact) mass is 461 g/mol. The summed E-state index contributed by atoms with van der Waals surface area (Å²) in [5, 5.41) is 8.62. The number of aryl methyl sites for hydroxylation is 1. The molecule has 1 aliphatic heterocycles. The summed E-state index contributed by atoms with van der Waals surface area (Å²) >= 11 is 0. The van der Waals surface area contributed by atoms with Crippen molar-refractivity contribution in [2.45, 2.75) is 52.1 Å². The summed E-state index contributed by atoms with van der Waals surface area (Å²) in [6.07, 6.45) is 1.55. The highest BCUT2D eigenvalue weighted by molar-refractivity contribution is 5.97. The molecule has 180 valence electrons. The molecule has 2 heterocycles. The van der Waals surface area contributed by atoms with Gasteiger partial charge in [-0.05, 0) is 50.5 Å². The van der Waals surface area contributed by atoms with E-state index in [1.807, 2.05) is 23.1 Å². The van der Waals surface area contributed by atoms with E-state index in [0.717, 1.165) is 42.8 Å². The molecule has 0 saturated carbocycles. The van der Waals surface area contributed by atoms with Crippen molar-refractivity contribution >= 4 is 28.4 Å². The van der Waals surface area contributed by atoms with Crippen LogP contribution in [0.15, 0.2) is 48.5 Å². The van der Waals surface area contributed by atoms with Crippen molar-refractivity contribution in [3.63, 3.8) is 0 Å².